The topological polar surface area (TPSA) is 54.7 Å². The molecule has 1 aromatic rings. The maximum atomic E-state index is 9.46. The maximum Gasteiger partial charge on any atom is 0.108 e. The maximum absolute atomic E-state index is 9.46. The monoisotopic (exact) mass is 438 g/mol. The van der Waals surface area contributed by atoms with Crippen molar-refractivity contribution in [3.63, 3.8) is 0 Å². The highest BCUT2D eigenvalue weighted by Gasteiger charge is 2.35. The lowest BCUT2D eigenvalue weighted by Gasteiger charge is -2.42. The minimum Gasteiger partial charge on any atom is -0.375 e. The molecule has 0 amide bonds. The van der Waals surface area contributed by atoms with E-state index in [0.717, 1.165) is 50.0 Å². The van der Waals surface area contributed by atoms with Crippen LogP contribution >= 0.6 is 0 Å². The third-order valence-electron chi connectivity index (χ3n) is 5.62. The van der Waals surface area contributed by atoms with Gasteiger partial charge in [0.05, 0.1) is 41.1 Å². The molecular weight excluding hydrogens is 400 g/mol. The van der Waals surface area contributed by atoms with Crippen molar-refractivity contribution < 1.29 is 14.2 Å². The number of nitrogens with zero attached hydrogens (tertiary/aromatic N) is 2. The molecule has 0 unspecified atom stereocenters. The van der Waals surface area contributed by atoms with Gasteiger partial charge in [-0.2, -0.15) is 5.26 Å². The lowest BCUT2D eigenvalue weighted by molar-refractivity contribution is -0.164. The minimum atomic E-state index is -0.208. The Bertz CT molecular complexity index is 865. The second kappa shape index (κ2) is 10.3. The number of hydrogen-bond donors (Lipinski definition) is 0. The summed E-state index contributed by atoms with van der Waals surface area (Å²) in [7, 11) is 0. The number of piperidine rings is 1. The van der Waals surface area contributed by atoms with E-state index in [1.807, 2.05) is 32.9 Å². The Morgan fingerprint density at radius 3 is 2.16 bits per heavy atom. The van der Waals surface area contributed by atoms with Gasteiger partial charge in [0.15, 0.2) is 0 Å². The Labute approximate surface area is 194 Å². The first kappa shape index (κ1) is 24.6. The van der Waals surface area contributed by atoms with E-state index < -0.39 is 0 Å². The quantitative estimate of drug-likeness (QED) is 0.602. The molecular formula is C27H38N2O3. The fraction of sp³-hybridized carbons (Fsp3) is 0.667. The van der Waals surface area contributed by atoms with Crippen molar-refractivity contribution in [2.24, 2.45) is 0 Å². The smallest absolute Gasteiger partial charge is 0.108 e. The molecule has 1 aliphatic heterocycles. The Hall–Kier alpha value is -2.05. The van der Waals surface area contributed by atoms with Crippen molar-refractivity contribution in [3.8, 4) is 17.9 Å². The van der Waals surface area contributed by atoms with Gasteiger partial charge >= 0.3 is 0 Å². The number of nitriles is 1. The highest BCUT2D eigenvalue weighted by Crippen LogP contribution is 2.33. The molecule has 0 N–H and O–H groups in total. The fourth-order valence-electron chi connectivity index (χ4n) is 4.07. The van der Waals surface area contributed by atoms with Crippen LogP contribution in [0.2, 0.25) is 0 Å². The molecule has 0 aromatic heterocycles. The van der Waals surface area contributed by atoms with Crippen molar-refractivity contribution >= 4 is 5.69 Å². The molecule has 0 bridgehead atoms. The van der Waals surface area contributed by atoms with Gasteiger partial charge in [-0.1, -0.05) is 11.8 Å². The van der Waals surface area contributed by atoms with Gasteiger partial charge in [-0.25, -0.2) is 0 Å². The van der Waals surface area contributed by atoms with Crippen LogP contribution in [-0.4, -0.2) is 49.2 Å². The standard InChI is InChI=1S/C27H38N2O3/c1-26(2,3)30-13-7-8-20-14-21(19-28)16-22(15-20)29-11-9-23(10-12-29)31-24-17-25(18-24)32-27(4,5)6/h14-16,23-25H,9-13,17-18H2,1-6H3. The molecule has 2 aliphatic rings. The van der Waals surface area contributed by atoms with E-state index in [1.54, 1.807) is 0 Å². The van der Waals surface area contributed by atoms with E-state index in [9.17, 15) is 5.26 Å². The van der Waals surface area contributed by atoms with E-state index in [0.29, 0.717) is 30.5 Å². The van der Waals surface area contributed by atoms with Crippen molar-refractivity contribution in [2.75, 3.05) is 24.6 Å². The zero-order valence-corrected chi connectivity index (χ0v) is 20.5. The van der Waals surface area contributed by atoms with E-state index in [2.05, 4.69) is 49.6 Å². The summed E-state index contributed by atoms with van der Waals surface area (Å²) in [5.74, 6) is 6.22. The predicted molar refractivity (Wildman–Crippen MR) is 128 cm³/mol. The Morgan fingerprint density at radius 1 is 0.906 bits per heavy atom. The first-order valence-corrected chi connectivity index (χ1v) is 11.8. The SMILES string of the molecule is CC(C)(C)OCC#Cc1cc(C#N)cc(N2CCC(OC3CC(OC(C)(C)C)C3)CC2)c1. The highest BCUT2D eigenvalue weighted by molar-refractivity contribution is 5.57. The van der Waals surface area contributed by atoms with Gasteiger partial charge in [-0.3, -0.25) is 0 Å². The first-order chi connectivity index (χ1) is 15.0. The van der Waals surface area contributed by atoms with E-state index in [4.69, 9.17) is 14.2 Å². The minimum absolute atomic E-state index is 0.0816. The molecule has 0 radical (unpaired) electrons. The van der Waals surface area contributed by atoms with Crippen molar-refractivity contribution in [1.29, 1.82) is 5.26 Å². The number of ether oxygens (including phenoxy) is 3. The molecule has 1 heterocycles. The van der Waals surface area contributed by atoms with Crippen LogP contribution < -0.4 is 4.90 Å². The highest BCUT2D eigenvalue weighted by atomic mass is 16.5. The van der Waals surface area contributed by atoms with Gasteiger partial charge in [0.1, 0.15) is 6.61 Å². The molecule has 174 valence electrons. The molecule has 1 aliphatic carbocycles. The molecule has 1 saturated heterocycles. The third-order valence-corrected chi connectivity index (χ3v) is 5.62. The second-order valence-electron chi connectivity index (χ2n) is 10.9. The number of benzene rings is 1. The second-order valence-corrected chi connectivity index (χ2v) is 10.9. The van der Waals surface area contributed by atoms with Crippen LogP contribution in [0.3, 0.4) is 0 Å². The lowest BCUT2D eigenvalue weighted by atomic mass is 9.90. The van der Waals surface area contributed by atoms with Gasteiger partial charge in [-0.05, 0) is 85.4 Å². The zero-order valence-electron chi connectivity index (χ0n) is 20.5. The summed E-state index contributed by atoms with van der Waals surface area (Å²) < 4.78 is 18.0. The van der Waals surface area contributed by atoms with Crippen LogP contribution in [0.15, 0.2) is 18.2 Å². The molecule has 5 nitrogen and oxygen atoms in total. The lowest BCUT2D eigenvalue weighted by Crippen LogP contribution is -2.45. The van der Waals surface area contributed by atoms with E-state index >= 15 is 0 Å². The summed E-state index contributed by atoms with van der Waals surface area (Å²) in [5, 5.41) is 9.46. The fourth-order valence-corrected chi connectivity index (χ4v) is 4.07. The molecule has 5 heteroatoms. The average molecular weight is 439 g/mol. The van der Waals surface area contributed by atoms with Crippen LogP contribution in [-0.2, 0) is 14.2 Å². The third kappa shape index (κ3) is 7.82. The molecule has 2 fully saturated rings. The average Bonchev–Trinajstić information content (AvgIpc) is 2.68. The summed E-state index contributed by atoms with van der Waals surface area (Å²) in [4.78, 5) is 2.34. The summed E-state index contributed by atoms with van der Waals surface area (Å²) in [6.07, 6.45) is 4.97. The number of anilines is 1. The molecule has 3 rings (SSSR count). The first-order valence-electron chi connectivity index (χ1n) is 11.8. The van der Waals surface area contributed by atoms with Crippen molar-refractivity contribution in [2.45, 2.75) is 96.7 Å². The van der Waals surface area contributed by atoms with Gasteiger partial charge < -0.3 is 19.1 Å². The van der Waals surface area contributed by atoms with Gasteiger partial charge in [0.2, 0.25) is 0 Å². The van der Waals surface area contributed by atoms with Crippen LogP contribution in [0.4, 0.5) is 5.69 Å². The van der Waals surface area contributed by atoms with Gasteiger partial charge in [0, 0.05) is 24.3 Å². The van der Waals surface area contributed by atoms with Gasteiger partial charge in [-0.15, -0.1) is 0 Å². The Kier molecular flexibility index (Phi) is 7.88. The molecule has 0 atom stereocenters. The number of rotatable bonds is 5. The zero-order chi connectivity index (χ0) is 23.4. The normalized spacial score (nSPS) is 22.0. The molecule has 1 saturated carbocycles. The predicted octanol–water partition coefficient (Wildman–Crippen LogP) is 5.06. The van der Waals surface area contributed by atoms with Crippen molar-refractivity contribution in [3.05, 3.63) is 29.3 Å². The van der Waals surface area contributed by atoms with E-state index in [-0.39, 0.29) is 11.2 Å². The van der Waals surface area contributed by atoms with Crippen LogP contribution in [0.1, 0.15) is 78.4 Å². The van der Waals surface area contributed by atoms with Crippen LogP contribution in [0.5, 0.6) is 0 Å². The van der Waals surface area contributed by atoms with Crippen LogP contribution in [0, 0.1) is 23.2 Å². The Balaban J connectivity index is 1.51. The molecule has 32 heavy (non-hydrogen) atoms. The Morgan fingerprint density at radius 2 is 1.56 bits per heavy atom. The largest absolute Gasteiger partial charge is 0.375 e. The summed E-state index contributed by atoms with van der Waals surface area (Å²) >= 11 is 0. The summed E-state index contributed by atoms with van der Waals surface area (Å²) in [6.45, 7) is 14.6. The molecule has 1 aromatic carbocycles. The van der Waals surface area contributed by atoms with Crippen LogP contribution in [0.25, 0.3) is 0 Å². The number of hydrogen-bond acceptors (Lipinski definition) is 5. The molecule has 0 spiro atoms. The van der Waals surface area contributed by atoms with Gasteiger partial charge in [0.25, 0.3) is 0 Å². The van der Waals surface area contributed by atoms with E-state index in [1.165, 1.54) is 0 Å². The van der Waals surface area contributed by atoms with Crippen molar-refractivity contribution in [1.82, 2.24) is 0 Å². The summed E-state index contributed by atoms with van der Waals surface area (Å²) in [6, 6.07) is 8.15. The summed E-state index contributed by atoms with van der Waals surface area (Å²) in [5.41, 5.74) is 2.27.